The van der Waals surface area contributed by atoms with Crippen molar-refractivity contribution in [3.8, 4) is 0 Å². The first-order chi connectivity index (χ1) is 7.52. The molecule has 0 saturated heterocycles. The van der Waals surface area contributed by atoms with E-state index in [-0.39, 0.29) is 5.01 Å². The molecule has 1 aromatic rings. The first kappa shape index (κ1) is 13.3. The molecule has 2 unspecified atom stereocenters. The third kappa shape index (κ3) is 4.02. The van der Waals surface area contributed by atoms with Gasteiger partial charge in [-0.05, 0) is 5.92 Å². The summed E-state index contributed by atoms with van der Waals surface area (Å²) in [5.74, 6) is 0.409. The van der Waals surface area contributed by atoms with Gasteiger partial charge in [-0.2, -0.15) is 0 Å². The van der Waals surface area contributed by atoms with Gasteiger partial charge in [0.25, 0.3) is 0 Å². The lowest BCUT2D eigenvalue weighted by atomic mass is 10.2. The first-order valence-electron chi connectivity index (χ1n) is 5.05. The van der Waals surface area contributed by atoms with E-state index in [1.807, 2.05) is 0 Å². The number of hydrogen-bond donors (Lipinski definition) is 1. The largest absolute Gasteiger partial charge is 0.476 e. The van der Waals surface area contributed by atoms with Gasteiger partial charge in [0.15, 0.2) is 0 Å². The number of aromatic nitrogens is 1. The second kappa shape index (κ2) is 6.10. The Hall–Kier alpha value is -0.750. The Bertz CT molecular complexity index is 389. The normalized spacial score (nSPS) is 14.6. The molecule has 0 saturated carbocycles. The fraction of sp³-hybridized carbons (Fsp3) is 0.600. The highest BCUT2D eigenvalue weighted by Gasteiger charge is 2.12. The molecule has 2 atom stereocenters. The number of carbonyl (C=O) groups is 1. The van der Waals surface area contributed by atoms with E-state index in [1.54, 1.807) is 5.38 Å². The van der Waals surface area contributed by atoms with E-state index < -0.39 is 16.8 Å². The van der Waals surface area contributed by atoms with Crippen molar-refractivity contribution >= 4 is 28.1 Å². The monoisotopic (exact) mass is 261 g/mol. The Balaban J connectivity index is 2.53. The number of thiazole rings is 1. The Morgan fingerprint density at radius 3 is 2.88 bits per heavy atom. The van der Waals surface area contributed by atoms with E-state index in [1.165, 1.54) is 0 Å². The molecular formula is C10H15NO3S2. The predicted octanol–water partition coefficient (Wildman–Crippen LogP) is 2.14. The molecule has 1 rings (SSSR count). The maximum absolute atomic E-state index is 11.7. The van der Waals surface area contributed by atoms with Gasteiger partial charge in [-0.15, -0.1) is 11.3 Å². The summed E-state index contributed by atoms with van der Waals surface area (Å²) in [6.45, 7) is 4.12. The van der Waals surface area contributed by atoms with Gasteiger partial charge in [-0.3, -0.25) is 4.21 Å². The van der Waals surface area contributed by atoms with Crippen molar-refractivity contribution in [2.45, 2.75) is 26.0 Å². The summed E-state index contributed by atoms with van der Waals surface area (Å²) >= 11 is 1.08. The van der Waals surface area contributed by atoms with Crippen molar-refractivity contribution in [2.24, 2.45) is 5.92 Å². The maximum atomic E-state index is 11.7. The van der Waals surface area contributed by atoms with E-state index in [2.05, 4.69) is 18.8 Å². The van der Waals surface area contributed by atoms with E-state index in [0.717, 1.165) is 17.8 Å². The zero-order valence-electron chi connectivity index (χ0n) is 9.30. The summed E-state index contributed by atoms with van der Waals surface area (Å²) in [7, 11) is -0.950. The van der Waals surface area contributed by atoms with Crippen LogP contribution in [0.5, 0.6) is 0 Å². The van der Waals surface area contributed by atoms with Crippen LogP contribution in [0.25, 0.3) is 0 Å². The Kier molecular flexibility index (Phi) is 5.08. The van der Waals surface area contributed by atoms with Crippen LogP contribution in [0.15, 0.2) is 5.38 Å². The fourth-order valence-corrected chi connectivity index (χ4v) is 3.36. The zero-order chi connectivity index (χ0) is 12.1. The summed E-state index contributed by atoms with van der Waals surface area (Å²) in [6.07, 6.45) is 1.00. The van der Waals surface area contributed by atoms with Crippen molar-refractivity contribution in [1.82, 2.24) is 4.98 Å². The van der Waals surface area contributed by atoms with Crippen LogP contribution < -0.4 is 0 Å². The number of carboxylic acids is 1. The lowest BCUT2D eigenvalue weighted by Crippen LogP contribution is -2.09. The Labute approximate surface area is 101 Å². The molecule has 1 N–H and O–H groups in total. The van der Waals surface area contributed by atoms with Gasteiger partial charge in [0.2, 0.25) is 5.01 Å². The van der Waals surface area contributed by atoms with Gasteiger partial charge in [0.1, 0.15) is 0 Å². The molecule has 0 aliphatic carbocycles. The number of nitrogens with zero attached hydrogens (tertiary/aromatic N) is 1. The topological polar surface area (TPSA) is 67.3 Å². The Morgan fingerprint density at radius 1 is 1.69 bits per heavy atom. The van der Waals surface area contributed by atoms with Crippen LogP contribution >= 0.6 is 11.3 Å². The molecule has 90 valence electrons. The second-order valence-electron chi connectivity index (χ2n) is 3.71. The van der Waals surface area contributed by atoms with Crippen molar-refractivity contribution in [3.63, 3.8) is 0 Å². The smallest absolute Gasteiger partial charge is 0.365 e. The van der Waals surface area contributed by atoms with Crippen LogP contribution in [0.1, 0.15) is 35.8 Å². The van der Waals surface area contributed by atoms with E-state index in [9.17, 15) is 9.00 Å². The van der Waals surface area contributed by atoms with Gasteiger partial charge in [0, 0.05) is 21.9 Å². The molecule has 6 heteroatoms. The molecular weight excluding hydrogens is 246 g/mol. The van der Waals surface area contributed by atoms with E-state index >= 15 is 0 Å². The average Bonchev–Trinajstić information content (AvgIpc) is 2.65. The first-order valence-corrected chi connectivity index (χ1v) is 7.42. The molecule has 0 aliphatic heterocycles. The SMILES string of the molecule is CCC(C)CS(=O)Cc1csc(C(=O)O)n1. The zero-order valence-corrected chi connectivity index (χ0v) is 10.9. The standard InChI is InChI=1S/C10H15NO3S2/c1-3-7(2)5-16(14)6-8-4-15-9(11-8)10(12)13/h4,7H,3,5-6H2,1-2H3,(H,12,13). The fourth-order valence-electron chi connectivity index (χ4n) is 1.13. The third-order valence-electron chi connectivity index (χ3n) is 2.21. The quantitative estimate of drug-likeness (QED) is 0.852. The molecule has 0 fully saturated rings. The molecule has 0 spiro atoms. The highest BCUT2D eigenvalue weighted by Crippen LogP contribution is 2.13. The minimum atomic E-state index is -1.02. The molecule has 4 nitrogen and oxygen atoms in total. The average molecular weight is 261 g/mol. The number of hydrogen-bond acceptors (Lipinski definition) is 4. The minimum Gasteiger partial charge on any atom is -0.476 e. The molecule has 0 aliphatic rings. The van der Waals surface area contributed by atoms with Gasteiger partial charge < -0.3 is 5.11 Å². The van der Waals surface area contributed by atoms with Crippen LogP contribution in [0.3, 0.4) is 0 Å². The summed E-state index contributed by atoms with van der Waals surface area (Å²) in [5.41, 5.74) is 0.615. The maximum Gasteiger partial charge on any atom is 0.365 e. The lowest BCUT2D eigenvalue weighted by molar-refractivity contribution is 0.0696. The molecule has 0 amide bonds. The van der Waals surface area contributed by atoms with Crippen LogP contribution in [-0.2, 0) is 16.6 Å². The highest BCUT2D eigenvalue weighted by atomic mass is 32.2. The summed E-state index contributed by atoms with van der Waals surface area (Å²) < 4.78 is 11.7. The van der Waals surface area contributed by atoms with E-state index in [4.69, 9.17) is 5.11 Å². The van der Waals surface area contributed by atoms with Gasteiger partial charge in [-0.1, -0.05) is 20.3 Å². The second-order valence-corrected chi connectivity index (χ2v) is 6.07. The summed E-state index contributed by atoms with van der Waals surface area (Å²) in [4.78, 5) is 14.5. The highest BCUT2D eigenvalue weighted by molar-refractivity contribution is 7.84. The number of aromatic carboxylic acids is 1. The summed E-state index contributed by atoms with van der Waals surface area (Å²) in [5, 5.41) is 10.4. The molecule has 0 aromatic carbocycles. The molecule has 1 heterocycles. The predicted molar refractivity (Wildman–Crippen MR) is 65.2 cm³/mol. The summed E-state index contributed by atoms with van der Waals surface area (Å²) in [6, 6.07) is 0. The van der Waals surface area contributed by atoms with Crippen molar-refractivity contribution in [3.05, 3.63) is 16.1 Å². The number of rotatable bonds is 6. The van der Waals surface area contributed by atoms with Crippen LogP contribution in [-0.4, -0.2) is 26.0 Å². The minimum absolute atomic E-state index is 0.0653. The van der Waals surface area contributed by atoms with Crippen molar-refractivity contribution in [1.29, 1.82) is 0 Å². The lowest BCUT2D eigenvalue weighted by Gasteiger charge is -2.06. The van der Waals surface area contributed by atoms with Crippen LogP contribution in [0.4, 0.5) is 0 Å². The van der Waals surface area contributed by atoms with Crippen molar-refractivity contribution < 1.29 is 14.1 Å². The van der Waals surface area contributed by atoms with Gasteiger partial charge in [0.05, 0.1) is 11.4 Å². The molecule has 16 heavy (non-hydrogen) atoms. The van der Waals surface area contributed by atoms with Gasteiger partial charge in [-0.25, -0.2) is 9.78 Å². The van der Waals surface area contributed by atoms with Gasteiger partial charge >= 0.3 is 5.97 Å². The third-order valence-corrected chi connectivity index (χ3v) is 4.65. The Morgan fingerprint density at radius 2 is 2.38 bits per heavy atom. The molecule has 0 bridgehead atoms. The molecule has 1 aromatic heterocycles. The van der Waals surface area contributed by atoms with Crippen LogP contribution in [0.2, 0.25) is 0 Å². The number of carboxylic acid groups (broad SMARTS) is 1. The van der Waals surface area contributed by atoms with E-state index in [0.29, 0.717) is 23.1 Å². The van der Waals surface area contributed by atoms with Crippen LogP contribution in [0, 0.1) is 5.92 Å². The molecule has 0 radical (unpaired) electrons. The van der Waals surface area contributed by atoms with Crippen molar-refractivity contribution in [2.75, 3.05) is 5.75 Å².